The lowest BCUT2D eigenvalue weighted by Gasteiger charge is -2.18. The van der Waals surface area contributed by atoms with Gasteiger partial charge in [-0.15, -0.1) is 0 Å². The summed E-state index contributed by atoms with van der Waals surface area (Å²) in [5.74, 6) is 0.834. The Kier molecular flexibility index (Phi) is 48.6. The molecule has 0 aliphatic heterocycles. The van der Waals surface area contributed by atoms with Gasteiger partial charge in [0.2, 0.25) is 0 Å². The molecule has 0 amide bonds. The maximum absolute atomic E-state index is 12.8. The Hall–Kier alpha value is -1.59. The van der Waals surface area contributed by atoms with Crippen LogP contribution in [0.5, 0.6) is 0 Å². The van der Waals surface area contributed by atoms with Gasteiger partial charge >= 0.3 is 17.9 Å². The number of carbonyl (C=O) groups is 3. The van der Waals surface area contributed by atoms with Gasteiger partial charge in [-0.05, 0) is 31.1 Å². The highest BCUT2D eigenvalue weighted by Crippen LogP contribution is 2.18. The topological polar surface area (TPSA) is 78.9 Å². The molecular weight excluding hydrogens is 781 g/mol. The fourth-order valence-corrected chi connectivity index (χ4v) is 8.70. The number of esters is 3. The van der Waals surface area contributed by atoms with Gasteiger partial charge in [0, 0.05) is 19.3 Å². The second kappa shape index (κ2) is 49.8. The van der Waals surface area contributed by atoms with Gasteiger partial charge in [0.15, 0.2) is 6.10 Å². The minimum atomic E-state index is -0.761. The van der Waals surface area contributed by atoms with Crippen molar-refractivity contribution in [1.82, 2.24) is 0 Å². The zero-order valence-electron chi connectivity index (χ0n) is 43.2. The molecule has 6 heteroatoms. The van der Waals surface area contributed by atoms with Gasteiger partial charge in [0.05, 0.1) is 0 Å². The quantitative estimate of drug-likeness (QED) is 0.0344. The molecule has 0 bridgehead atoms. The van der Waals surface area contributed by atoms with E-state index in [1.165, 1.54) is 205 Å². The Morgan fingerprint density at radius 2 is 0.524 bits per heavy atom. The van der Waals surface area contributed by atoms with Crippen LogP contribution in [-0.4, -0.2) is 37.2 Å². The first-order chi connectivity index (χ1) is 30.7. The fraction of sp³-hybridized carbons (Fsp3) is 0.947. The van der Waals surface area contributed by atoms with E-state index in [0.717, 1.165) is 69.6 Å². The van der Waals surface area contributed by atoms with Crippen LogP contribution in [0.15, 0.2) is 0 Å². The average Bonchev–Trinajstić information content (AvgIpc) is 3.25. The Morgan fingerprint density at radius 3 is 0.778 bits per heavy atom. The van der Waals surface area contributed by atoms with Crippen LogP contribution in [0.4, 0.5) is 0 Å². The van der Waals surface area contributed by atoms with Gasteiger partial charge in [-0.2, -0.15) is 0 Å². The zero-order chi connectivity index (χ0) is 46.1. The first-order valence-corrected chi connectivity index (χ1v) is 28.2. The molecule has 0 N–H and O–H groups in total. The predicted molar refractivity (Wildman–Crippen MR) is 270 cm³/mol. The molecule has 0 aliphatic rings. The number of ether oxygens (including phenoxy) is 3. The maximum Gasteiger partial charge on any atom is 0.306 e. The van der Waals surface area contributed by atoms with E-state index in [9.17, 15) is 14.4 Å². The summed E-state index contributed by atoms with van der Waals surface area (Å²) in [6.45, 7) is 11.4. The lowest BCUT2D eigenvalue weighted by Crippen LogP contribution is -2.30. The van der Waals surface area contributed by atoms with Crippen molar-refractivity contribution in [3.63, 3.8) is 0 Å². The van der Waals surface area contributed by atoms with Crippen LogP contribution in [0.2, 0.25) is 0 Å². The maximum atomic E-state index is 12.8. The second-order valence-corrected chi connectivity index (χ2v) is 20.5. The van der Waals surface area contributed by atoms with Crippen molar-refractivity contribution >= 4 is 17.9 Å². The van der Waals surface area contributed by atoms with Crippen LogP contribution in [-0.2, 0) is 28.6 Å². The van der Waals surface area contributed by atoms with E-state index < -0.39 is 6.10 Å². The third-order valence-corrected chi connectivity index (χ3v) is 13.0. The lowest BCUT2D eigenvalue weighted by molar-refractivity contribution is -0.167. The normalized spacial score (nSPS) is 12.0. The van der Waals surface area contributed by atoms with Gasteiger partial charge < -0.3 is 14.2 Å². The molecule has 0 heterocycles. The van der Waals surface area contributed by atoms with Gasteiger partial charge in [0.1, 0.15) is 13.2 Å². The molecule has 63 heavy (non-hydrogen) atoms. The van der Waals surface area contributed by atoms with Crippen LogP contribution in [0, 0.1) is 11.8 Å². The molecule has 374 valence electrons. The second-order valence-electron chi connectivity index (χ2n) is 20.5. The van der Waals surface area contributed by atoms with Crippen LogP contribution >= 0.6 is 0 Å². The highest BCUT2D eigenvalue weighted by Gasteiger charge is 2.19. The molecule has 0 radical (unpaired) electrons. The Morgan fingerprint density at radius 1 is 0.302 bits per heavy atom. The monoisotopic (exact) mass is 891 g/mol. The van der Waals surface area contributed by atoms with Gasteiger partial charge in [-0.3, -0.25) is 14.4 Å². The fourth-order valence-electron chi connectivity index (χ4n) is 8.70. The number of hydrogen-bond donors (Lipinski definition) is 0. The van der Waals surface area contributed by atoms with E-state index in [4.69, 9.17) is 14.2 Å². The van der Waals surface area contributed by atoms with E-state index in [1.807, 2.05) is 0 Å². The number of unbranched alkanes of at least 4 members (excludes halogenated alkanes) is 36. The zero-order valence-corrected chi connectivity index (χ0v) is 43.2. The summed E-state index contributed by atoms with van der Waals surface area (Å²) < 4.78 is 16.8. The van der Waals surface area contributed by atoms with Crippen molar-refractivity contribution in [3.8, 4) is 0 Å². The summed E-state index contributed by atoms with van der Waals surface area (Å²) in [5, 5.41) is 0. The molecule has 0 aliphatic carbocycles. The van der Waals surface area contributed by atoms with Crippen LogP contribution in [0.1, 0.15) is 317 Å². The summed E-state index contributed by atoms with van der Waals surface area (Å²) in [4.78, 5) is 38.0. The Bertz CT molecular complexity index is 962. The van der Waals surface area contributed by atoms with E-state index in [-0.39, 0.29) is 31.1 Å². The minimum Gasteiger partial charge on any atom is -0.462 e. The van der Waals surface area contributed by atoms with Gasteiger partial charge in [0.25, 0.3) is 0 Å². The number of carbonyl (C=O) groups excluding carboxylic acids is 3. The van der Waals surface area contributed by atoms with Crippen LogP contribution in [0.25, 0.3) is 0 Å². The van der Waals surface area contributed by atoms with Crippen molar-refractivity contribution in [1.29, 1.82) is 0 Å². The predicted octanol–water partition coefficient (Wildman–Crippen LogP) is 18.5. The molecule has 6 nitrogen and oxygen atoms in total. The van der Waals surface area contributed by atoms with Gasteiger partial charge in [-0.1, -0.05) is 279 Å². The summed E-state index contributed by atoms with van der Waals surface area (Å²) in [7, 11) is 0. The minimum absolute atomic E-state index is 0.0630. The summed E-state index contributed by atoms with van der Waals surface area (Å²) in [6.07, 6.45) is 52.4. The summed E-state index contributed by atoms with van der Waals surface area (Å²) >= 11 is 0. The molecule has 1 atom stereocenters. The average molecular weight is 892 g/mol. The molecule has 0 aromatic rings. The highest BCUT2D eigenvalue weighted by atomic mass is 16.6. The number of hydrogen-bond acceptors (Lipinski definition) is 6. The standard InChI is InChI=1S/C57H110O6/c1-6-7-8-9-10-11-20-29-34-39-44-49-57(60)63-54(51-62-56(59)48-43-38-33-28-24-23-26-31-36-41-46-53(4)5)50-61-55(58)47-42-37-32-27-22-19-17-15-13-12-14-16-18-21-25-30-35-40-45-52(2)3/h52-54H,6-51H2,1-5H3/t54-/m1/s1. The van der Waals surface area contributed by atoms with Crippen molar-refractivity contribution in [2.24, 2.45) is 11.8 Å². The third kappa shape index (κ3) is 51.3. The van der Waals surface area contributed by atoms with E-state index in [1.54, 1.807) is 0 Å². The largest absolute Gasteiger partial charge is 0.462 e. The highest BCUT2D eigenvalue weighted by molar-refractivity contribution is 5.71. The van der Waals surface area contributed by atoms with E-state index in [0.29, 0.717) is 19.3 Å². The molecule has 0 fully saturated rings. The molecule has 0 aromatic heterocycles. The molecule has 0 saturated heterocycles. The van der Waals surface area contributed by atoms with Gasteiger partial charge in [-0.25, -0.2) is 0 Å². The van der Waals surface area contributed by atoms with Crippen molar-refractivity contribution in [3.05, 3.63) is 0 Å². The van der Waals surface area contributed by atoms with E-state index >= 15 is 0 Å². The molecule has 0 aromatic carbocycles. The first kappa shape index (κ1) is 61.4. The molecule has 0 saturated carbocycles. The smallest absolute Gasteiger partial charge is 0.306 e. The first-order valence-electron chi connectivity index (χ1n) is 28.2. The SMILES string of the molecule is CCCCCCCCCCCCCC(=O)O[C@H](COC(=O)CCCCCCCCCCCCCCCCCCCCC(C)C)COC(=O)CCCCCCCCCCCCC(C)C. The van der Waals surface area contributed by atoms with Crippen molar-refractivity contribution in [2.75, 3.05) is 13.2 Å². The molecule has 0 unspecified atom stereocenters. The van der Waals surface area contributed by atoms with Crippen LogP contribution in [0.3, 0.4) is 0 Å². The Labute approximate surface area is 393 Å². The van der Waals surface area contributed by atoms with E-state index in [2.05, 4.69) is 34.6 Å². The van der Waals surface area contributed by atoms with Crippen molar-refractivity contribution < 1.29 is 28.6 Å². The Balaban J connectivity index is 4.20. The van der Waals surface area contributed by atoms with Crippen LogP contribution < -0.4 is 0 Å². The lowest BCUT2D eigenvalue weighted by atomic mass is 10.0. The number of rotatable bonds is 51. The molecule has 0 rings (SSSR count). The molecular formula is C57H110O6. The molecule has 0 spiro atoms. The summed E-state index contributed by atoms with van der Waals surface area (Å²) in [5.41, 5.74) is 0. The third-order valence-electron chi connectivity index (χ3n) is 13.0. The summed E-state index contributed by atoms with van der Waals surface area (Å²) in [6, 6.07) is 0. The van der Waals surface area contributed by atoms with Crippen molar-refractivity contribution in [2.45, 2.75) is 323 Å².